The first-order chi connectivity index (χ1) is 12.5. The lowest BCUT2D eigenvalue weighted by molar-refractivity contribution is 0.0935. The molecule has 2 aromatic carbocycles. The van der Waals surface area contributed by atoms with Crippen molar-refractivity contribution < 1.29 is 4.79 Å². The average molecular weight is 346 g/mol. The molecule has 0 spiro atoms. The molecule has 0 bridgehead atoms. The van der Waals surface area contributed by atoms with Crippen molar-refractivity contribution in [3.8, 4) is 0 Å². The molecule has 4 aromatic rings. The summed E-state index contributed by atoms with van der Waals surface area (Å²) in [6.45, 7) is 5.99. The molecule has 4 rings (SSSR count). The highest BCUT2D eigenvalue weighted by molar-refractivity contribution is 6.09. The van der Waals surface area contributed by atoms with E-state index in [-0.39, 0.29) is 11.9 Å². The van der Waals surface area contributed by atoms with E-state index in [0.717, 1.165) is 33.2 Å². The third-order valence-corrected chi connectivity index (χ3v) is 5.12. The summed E-state index contributed by atoms with van der Waals surface area (Å²) in [5, 5.41) is 10.9. The Bertz CT molecular complexity index is 1140. The average Bonchev–Trinajstić information content (AvgIpc) is 3.16. The standard InChI is InChI=1S/C21H22N4O/c1-12(20-13(2)24-25(4)14(20)3)22-21(26)19-11-17-16-8-6-5-7-15(16)9-10-18(17)23-19/h5-12,23H,1-4H3,(H,22,26)/t12-/m0/s1. The van der Waals surface area contributed by atoms with Crippen molar-refractivity contribution in [2.45, 2.75) is 26.8 Å². The fourth-order valence-electron chi connectivity index (χ4n) is 3.77. The molecule has 1 atom stereocenters. The van der Waals surface area contributed by atoms with Gasteiger partial charge in [-0.3, -0.25) is 9.48 Å². The Hall–Kier alpha value is -3.08. The second-order valence-corrected chi connectivity index (χ2v) is 6.83. The van der Waals surface area contributed by atoms with E-state index in [1.165, 1.54) is 5.39 Å². The predicted molar refractivity (Wildman–Crippen MR) is 104 cm³/mol. The lowest BCUT2D eigenvalue weighted by atomic mass is 10.1. The summed E-state index contributed by atoms with van der Waals surface area (Å²) in [7, 11) is 1.92. The van der Waals surface area contributed by atoms with Gasteiger partial charge in [0.15, 0.2) is 0 Å². The van der Waals surface area contributed by atoms with Crippen molar-refractivity contribution in [1.82, 2.24) is 20.1 Å². The van der Waals surface area contributed by atoms with E-state index in [9.17, 15) is 4.79 Å². The van der Waals surface area contributed by atoms with Crippen LogP contribution in [0.25, 0.3) is 21.7 Å². The highest BCUT2D eigenvalue weighted by Gasteiger charge is 2.20. The normalized spacial score (nSPS) is 12.6. The molecular formula is C21H22N4O. The van der Waals surface area contributed by atoms with E-state index in [4.69, 9.17) is 0 Å². The van der Waals surface area contributed by atoms with Gasteiger partial charge in [0.2, 0.25) is 0 Å². The lowest BCUT2D eigenvalue weighted by Gasteiger charge is -2.14. The van der Waals surface area contributed by atoms with Gasteiger partial charge in [0, 0.05) is 29.2 Å². The number of nitrogens with zero attached hydrogens (tertiary/aromatic N) is 2. The molecule has 1 amide bonds. The molecule has 0 aliphatic rings. The Morgan fingerprint density at radius 3 is 2.65 bits per heavy atom. The number of aryl methyl sites for hydroxylation is 2. The van der Waals surface area contributed by atoms with Gasteiger partial charge in [0.25, 0.3) is 5.91 Å². The van der Waals surface area contributed by atoms with E-state index in [0.29, 0.717) is 5.69 Å². The molecule has 0 saturated heterocycles. The molecule has 5 heteroatoms. The number of aromatic nitrogens is 3. The minimum atomic E-state index is -0.112. The second-order valence-electron chi connectivity index (χ2n) is 6.83. The zero-order valence-corrected chi connectivity index (χ0v) is 15.4. The Kier molecular flexibility index (Phi) is 3.80. The number of hydrogen-bond donors (Lipinski definition) is 2. The fourth-order valence-corrected chi connectivity index (χ4v) is 3.77. The summed E-state index contributed by atoms with van der Waals surface area (Å²) in [5.41, 5.74) is 4.62. The summed E-state index contributed by atoms with van der Waals surface area (Å²) in [5.74, 6) is -0.111. The molecule has 132 valence electrons. The summed E-state index contributed by atoms with van der Waals surface area (Å²) in [6.07, 6.45) is 0. The van der Waals surface area contributed by atoms with Crippen molar-refractivity contribution in [1.29, 1.82) is 0 Å². The maximum Gasteiger partial charge on any atom is 0.268 e. The zero-order valence-electron chi connectivity index (χ0n) is 15.4. The summed E-state index contributed by atoms with van der Waals surface area (Å²) >= 11 is 0. The van der Waals surface area contributed by atoms with Crippen LogP contribution in [0.5, 0.6) is 0 Å². The van der Waals surface area contributed by atoms with Crippen LogP contribution in [0.1, 0.15) is 40.4 Å². The van der Waals surface area contributed by atoms with Gasteiger partial charge in [0.1, 0.15) is 5.69 Å². The van der Waals surface area contributed by atoms with E-state index >= 15 is 0 Å². The molecule has 0 radical (unpaired) electrons. The van der Waals surface area contributed by atoms with Crippen LogP contribution in [-0.2, 0) is 7.05 Å². The summed E-state index contributed by atoms with van der Waals surface area (Å²) in [6, 6.07) is 14.1. The van der Waals surface area contributed by atoms with Crippen molar-refractivity contribution in [2.75, 3.05) is 0 Å². The topological polar surface area (TPSA) is 62.7 Å². The minimum absolute atomic E-state index is 0.111. The van der Waals surface area contributed by atoms with Crippen LogP contribution in [0.3, 0.4) is 0 Å². The van der Waals surface area contributed by atoms with Crippen molar-refractivity contribution in [3.63, 3.8) is 0 Å². The summed E-state index contributed by atoms with van der Waals surface area (Å²) in [4.78, 5) is 16.0. The number of rotatable bonds is 3. The Morgan fingerprint density at radius 2 is 1.92 bits per heavy atom. The van der Waals surface area contributed by atoms with Gasteiger partial charge in [-0.15, -0.1) is 0 Å². The third kappa shape index (κ3) is 2.56. The molecule has 0 saturated carbocycles. The first-order valence-corrected chi connectivity index (χ1v) is 8.77. The monoisotopic (exact) mass is 346 g/mol. The van der Waals surface area contributed by atoms with Gasteiger partial charge in [-0.25, -0.2) is 0 Å². The van der Waals surface area contributed by atoms with Crippen LogP contribution in [0, 0.1) is 13.8 Å². The fraction of sp³-hybridized carbons (Fsp3) is 0.238. The van der Waals surface area contributed by atoms with Crippen LogP contribution in [0.4, 0.5) is 0 Å². The van der Waals surface area contributed by atoms with Crippen LogP contribution >= 0.6 is 0 Å². The minimum Gasteiger partial charge on any atom is -0.351 e. The Labute approximate surface area is 152 Å². The van der Waals surface area contributed by atoms with Crippen molar-refractivity contribution >= 4 is 27.6 Å². The van der Waals surface area contributed by atoms with Gasteiger partial charge in [-0.1, -0.05) is 30.3 Å². The number of fused-ring (bicyclic) bond motifs is 3. The molecule has 0 aliphatic heterocycles. The van der Waals surface area contributed by atoms with Gasteiger partial charge < -0.3 is 10.3 Å². The number of amides is 1. The highest BCUT2D eigenvalue weighted by atomic mass is 16.1. The molecule has 2 aromatic heterocycles. The van der Waals surface area contributed by atoms with Crippen molar-refractivity contribution in [2.24, 2.45) is 7.05 Å². The lowest BCUT2D eigenvalue weighted by Crippen LogP contribution is -2.27. The quantitative estimate of drug-likeness (QED) is 0.585. The van der Waals surface area contributed by atoms with Gasteiger partial charge >= 0.3 is 0 Å². The van der Waals surface area contributed by atoms with E-state index in [1.807, 2.05) is 56.8 Å². The number of aromatic amines is 1. The van der Waals surface area contributed by atoms with Gasteiger partial charge in [0.05, 0.1) is 11.7 Å². The molecule has 2 N–H and O–H groups in total. The smallest absolute Gasteiger partial charge is 0.268 e. The van der Waals surface area contributed by atoms with E-state index in [1.54, 1.807) is 0 Å². The largest absolute Gasteiger partial charge is 0.351 e. The first-order valence-electron chi connectivity index (χ1n) is 8.77. The van der Waals surface area contributed by atoms with Crippen LogP contribution in [0.15, 0.2) is 42.5 Å². The number of carbonyl (C=O) groups excluding carboxylic acids is 1. The highest BCUT2D eigenvalue weighted by Crippen LogP contribution is 2.26. The second kappa shape index (κ2) is 6.02. The van der Waals surface area contributed by atoms with Crippen LogP contribution in [-0.4, -0.2) is 20.7 Å². The maximum absolute atomic E-state index is 12.8. The maximum atomic E-state index is 12.8. The van der Waals surface area contributed by atoms with Crippen LogP contribution < -0.4 is 5.32 Å². The number of nitrogens with one attached hydrogen (secondary N) is 2. The SMILES string of the molecule is Cc1nn(C)c(C)c1[C@H](C)NC(=O)c1cc2c(ccc3ccccc32)[nH]1. The zero-order chi connectivity index (χ0) is 18.4. The third-order valence-electron chi connectivity index (χ3n) is 5.12. The Balaban J connectivity index is 1.67. The molecule has 5 nitrogen and oxygen atoms in total. The van der Waals surface area contributed by atoms with Crippen molar-refractivity contribution in [3.05, 3.63) is 65.1 Å². The first kappa shape index (κ1) is 16.4. The molecule has 0 fully saturated rings. The van der Waals surface area contributed by atoms with Crippen LogP contribution in [0.2, 0.25) is 0 Å². The number of benzene rings is 2. The Morgan fingerprint density at radius 1 is 1.15 bits per heavy atom. The number of hydrogen-bond acceptors (Lipinski definition) is 2. The molecule has 26 heavy (non-hydrogen) atoms. The predicted octanol–water partition coefficient (Wildman–Crippen LogP) is 4.16. The van der Waals surface area contributed by atoms with E-state index in [2.05, 4.69) is 33.6 Å². The summed E-state index contributed by atoms with van der Waals surface area (Å²) < 4.78 is 1.85. The molecular weight excluding hydrogens is 324 g/mol. The van der Waals surface area contributed by atoms with E-state index < -0.39 is 0 Å². The molecule has 2 heterocycles. The number of H-pyrrole nitrogens is 1. The molecule has 0 unspecified atom stereocenters. The number of carbonyl (C=O) groups is 1. The van der Waals surface area contributed by atoms with Gasteiger partial charge in [-0.05, 0) is 43.7 Å². The molecule has 0 aliphatic carbocycles. The van der Waals surface area contributed by atoms with Gasteiger partial charge in [-0.2, -0.15) is 5.10 Å².